The third-order valence-corrected chi connectivity index (χ3v) is 7.20. The molecule has 0 radical (unpaired) electrons. The molecule has 164 valence electrons. The summed E-state index contributed by atoms with van der Waals surface area (Å²) in [6.45, 7) is 6.95. The Labute approximate surface area is 177 Å². The van der Waals surface area contributed by atoms with Crippen LogP contribution in [-0.2, 0) is 14.3 Å². The van der Waals surface area contributed by atoms with E-state index < -0.39 is 18.0 Å². The number of amides is 1. The van der Waals surface area contributed by atoms with Gasteiger partial charge in [-0.3, -0.25) is 4.79 Å². The summed E-state index contributed by atoms with van der Waals surface area (Å²) in [4.78, 5) is 40.7. The largest absolute Gasteiger partial charge is 0.461 e. The highest BCUT2D eigenvalue weighted by Gasteiger charge is 2.51. The van der Waals surface area contributed by atoms with Crippen molar-refractivity contribution in [1.29, 1.82) is 0 Å². The first-order chi connectivity index (χ1) is 14.2. The molecule has 30 heavy (non-hydrogen) atoms. The molecule has 0 aromatic carbocycles. The van der Waals surface area contributed by atoms with Gasteiger partial charge in [0.05, 0.1) is 12.2 Å². The van der Waals surface area contributed by atoms with Crippen molar-refractivity contribution >= 4 is 17.8 Å². The van der Waals surface area contributed by atoms with Crippen LogP contribution in [0.1, 0.15) is 84.5 Å². The molecule has 7 nitrogen and oxygen atoms in total. The first kappa shape index (κ1) is 20.9. The van der Waals surface area contributed by atoms with Gasteiger partial charge >= 0.3 is 11.9 Å². The summed E-state index contributed by atoms with van der Waals surface area (Å²) in [7, 11) is 0. The molecule has 4 aliphatic rings. The van der Waals surface area contributed by atoms with Crippen LogP contribution in [0.25, 0.3) is 0 Å². The van der Waals surface area contributed by atoms with Crippen LogP contribution in [-0.4, -0.2) is 41.1 Å². The third-order valence-electron chi connectivity index (χ3n) is 7.20. The van der Waals surface area contributed by atoms with Crippen LogP contribution >= 0.6 is 0 Å². The van der Waals surface area contributed by atoms with Gasteiger partial charge in [-0.05, 0) is 89.5 Å². The van der Waals surface area contributed by atoms with Gasteiger partial charge in [-0.15, -0.1) is 0 Å². The predicted octanol–water partition coefficient (Wildman–Crippen LogP) is 3.44. The monoisotopic (exact) mass is 416 g/mol. The van der Waals surface area contributed by atoms with E-state index in [2.05, 4.69) is 10.3 Å². The molecule has 1 heterocycles. The van der Waals surface area contributed by atoms with Crippen molar-refractivity contribution in [3.05, 3.63) is 22.5 Å². The molecule has 1 atom stereocenters. The predicted molar refractivity (Wildman–Crippen MR) is 110 cm³/mol. The minimum atomic E-state index is -0.898. The third kappa shape index (κ3) is 3.74. The topological polar surface area (TPSA) is 97.5 Å². The Morgan fingerprint density at radius 2 is 1.63 bits per heavy atom. The van der Waals surface area contributed by atoms with E-state index in [0.717, 1.165) is 37.0 Å². The number of hydrogen-bond donors (Lipinski definition) is 2. The van der Waals surface area contributed by atoms with Gasteiger partial charge in [-0.25, -0.2) is 9.59 Å². The zero-order chi connectivity index (χ0) is 21.6. The molecule has 1 aromatic rings. The van der Waals surface area contributed by atoms with E-state index in [9.17, 15) is 14.4 Å². The Kier molecular flexibility index (Phi) is 5.41. The number of H-pyrrole nitrogens is 1. The SMILES string of the molecule is CCOC(=O)c1[nH]c(C)c(C(=O)O[C@@H](C)C(=O)NC23CC4CC(CC(C4)C2)C3)c1C. The lowest BCUT2D eigenvalue weighted by Crippen LogP contribution is -2.61. The number of aromatic nitrogens is 1. The van der Waals surface area contributed by atoms with Gasteiger partial charge in [0.15, 0.2) is 6.10 Å². The Hall–Kier alpha value is -2.31. The number of aryl methyl sites for hydroxylation is 1. The minimum absolute atomic E-state index is 0.122. The highest BCUT2D eigenvalue weighted by atomic mass is 16.5. The summed E-state index contributed by atoms with van der Waals surface area (Å²) in [5.41, 5.74) is 1.40. The lowest BCUT2D eigenvalue weighted by atomic mass is 9.53. The molecule has 4 aliphatic carbocycles. The fraction of sp³-hybridized carbons (Fsp3) is 0.696. The summed E-state index contributed by atoms with van der Waals surface area (Å²) < 4.78 is 10.5. The second-order valence-electron chi connectivity index (χ2n) is 9.58. The first-order valence-electron chi connectivity index (χ1n) is 11.1. The number of ether oxygens (including phenoxy) is 2. The quantitative estimate of drug-likeness (QED) is 0.693. The van der Waals surface area contributed by atoms with Gasteiger partial charge in [0, 0.05) is 11.2 Å². The molecule has 0 aliphatic heterocycles. The van der Waals surface area contributed by atoms with Gasteiger partial charge in [0.25, 0.3) is 5.91 Å². The number of hydrogen-bond acceptors (Lipinski definition) is 5. The van der Waals surface area contributed by atoms with Crippen molar-refractivity contribution in [2.75, 3.05) is 6.61 Å². The van der Waals surface area contributed by atoms with E-state index in [-0.39, 0.29) is 29.3 Å². The number of carbonyl (C=O) groups excluding carboxylic acids is 3. The van der Waals surface area contributed by atoms with Gasteiger partial charge in [0.1, 0.15) is 5.69 Å². The van der Waals surface area contributed by atoms with Gasteiger partial charge in [-0.2, -0.15) is 0 Å². The minimum Gasteiger partial charge on any atom is -0.461 e. The molecule has 4 saturated carbocycles. The van der Waals surface area contributed by atoms with E-state index in [1.54, 1.807) is 27.7 Å². The fourth-order valence-electron chi connectivity index (χ4n) is 6.36. The Morgan fingerprint density at radius 3 is 2.17 bits per heavy atom. The maximum absolute atomic E-state index is 12.9. The second kappa shape index (κ2) is 7.75. The van der Waals surface area contributed by atoms with Crippen LogP contribution in [0.2, 0.25) is 0 Å². The summed E-state index contributed by atoms with van der Waals surface area (Å²) in [6, 6.07) is 0. The number of carbonyl (C=O) groups is 3. The first-order valence-corrected chi connectivity index (χ1v) is 11.1. The summed E-state index contributed by atoms with van der Waals surface area (Å²) >= 11 is 0. The highest BCUT2D eigenvalue weighted by molar-refractivity contribution is 5.99. The smallest absolute Gasteiger partial charge is 0.355 e. The highest BCUT2D eigenvalue weighted by Crippen LogP contribution is 2.55. The van der Waals surface area contributed by atoms with E-state index in [1.165, 1.54) is 19.3 Å². The van der Waals surface area contributed by atoms with Crippen molar-refractivity contribution in [3.63, 3.8) is 0 Å². The Morgan fingerprint density at radius 1 is 1.07 bits per heavy atom. The molecule has 0 unspecified atom stereocenters. The van der Waals surface area contributed by atoms with Gasteiger partial charge in [0.2, 0.25) is 0 Å². The zero-order valence-electron chi connectivity index (χ0n) is 18.3. The average Bonchev–Trinajstić information content (AvgIpc) is 2.94. The number of rotatable bonds is 6. The lowest BCUT2D eigenvalue weighted by molar-refractivity contribution is -0.134. The number of aromatic amines is 1. The van der Waals surface area contributed by atoms with Crippen molar-refractivity contribution in [3.8, 4) is 0 Å². The molecule has 4 fully saturated rings. The van der Waals surface area contributed by atoms with Crippen molar-refractivity contribution in [1.82, 2.24) is 10.3 Å². The maximum atomic E-state index is 12.9. The average molecular weight is 417 g/mol. The van der Waals surface area contributed by atoms with Crippen LogP contribution in [0.3, 0.4) is 0 Å². The molecular weight excluding hydrogens is 384 g/mol. The van der Waals surface area contributed by atoms with E-state index in [4.69, 9.17) is 9.47 Å². The molecule has 4 bridgehead atoms. The fourth-order valence-corrected chi connectivity index (χ4v) is 6.36. The maximum Gasteiger partial charge on any atom is 0.355 e. The van der Waals surface area contributed by atoms with Crippen molar-refractivity contribution in [2.24, 2.45) is 17.8 Å². The normalized spacial score (nSPS) is 30.1. The van der Waals surface area contributed by atoms with Crippen LogP contribution in [0.5, 0.6) is 0 Å². The van der Waals surface area contributed by atoms with Crippen LogP contribution in [0.15, 0.2) is 0 Å². The summed E-state index contributed by atoms with van der Waals surface area (Å²) in [5.74, 6) is 0.819. The molecule has 0 spiro atoms. The molecule has 1 aromatic heterocycles. The second-order valence-corrected chi connectivity index (χ2v) is 9.58. The van der Waals surface area contributed by atoms with Crippen LogP contribution in [0.4, 0.5) is 0 Å². The number of nitrogens with one attached hydrogen (secondary N) is 2. The van der Waals surface area contributed by atoms with Crippen molar-refractivity contribution < 1.29 is 23.9 Å². The van der Waals surface area contributed by atoms with E-state index in [0.29, 0.717) is 11.3 Å². The summed E-state index contributed by atoms with van der Waals surface area (Å²) in [5, 5.41) is 3.25. The van der Waals surface area contributed by atoms with Crippen molar-refractivity contribution in [2.45, 2.75) is 77.9 Å². The summed E-state index contributed by atoms with van der Waals surface area (Å²) in [6.07, 6.45) is 6.14. The van der Waals surface area contributed by atoms with E-state index >= 15 is 0 Å². The van der Waals surface area contributed by atoms with Gasteiger partial charge < -0.3 is 19.8 Å². The number of esters is 2. The Balaban J connectivity index is 1.41. The molecule has 7 heteroatoms. The molecule has 1 amide bonds. The van der Waals surface area contributed by atoms with E-state index in [1.807, 2.05) is 0 Å². The zero-order valence-corrected chi connectivity index (χ0v) is 18.3. The molecular formula is C23H32N2O5. The van der Waals surface area contributed by atoms with Crippen LogP contribution in [0, 0.1) is 31.6 Å². The van der Waals surface area contributed by atoms with Crippen LogP contribution < -0.4 is 5.32 Å². The molecule has 0 saturated heterocycles. The standard InChI is InChI=1S/C23H32N2O5/c1-5-29-22(28)19-12(2)18(13(3)24-19)21(27)30-14(4)20(26)25-23-9-15-6-16(10-23)8-17(7-15)11-23/h14-17,24H,5-11H2,1-4H3,(H,25,26)/t14-,15?,16?,17?,23?/m0/s1. The molecule has 5 rings (SSSR count). The Bertz CT molecular complexity index is 836. The van der Waals surface area contributed by atoms with Gasteiger partial charge in [-0.1, -0.05) is 0 Å². The lowest BCUT2D eigenvalue weighted by Gasteiger charge is -2.57. The molecule has 2 N–H and O–H groups in total.